The summed E-state index contributed by atoms with van der Waals surface area (Å²) in [6.07, 6.45) is 0.902. The van der Waals surface area contributed by atoms with Crippen molar-refractivity contribution >= 4 is 15.9 Å². The molecule has 2 rings (SSSR count). The fraction of sp³-hybridized carbons (Fsp3) is 0.368. The zero-order chi connectivity index (χ0) is 17.4. The summed E-state index contributed by atoms with van der Waals surface area (Å²) in [6.45, 7) is 4.13. The maximum absolute atomic E-state index is 5.76. The quantitative estimate of drug-likeness (QED) is 0.648. The molecule has 0 atom stereocenters. The number of ether oxygens (including phenoxy) is 3. The summed E-state index contributed by atoms with van der Waals surface area (Å²) in [7, 11) is 3.36. The van der Waals surface area contributed by atoms with Crippen molar-refractivity contribution in [1.82, 2.24) is 5.32 Å². The van der Waals surface area contributed by atoms with Crippen molar-refractivity contribution in [2.75, 3.05) is 27.4 Å². The number of nitrogens with one attached hydrogen (secondary N) is 1. The Morgan fingerprint density at radius 2 is 1.75 bits per heavy atom. The Hall–Kier alpha value is -1.72. The molecule has 0 aliphatic heterocycles. The van der Waals surface area contributed by atoms with Crippen molar-refractivity contribution < 1.29 is 14.2 Å². The third-order valence-electron chi connectivity index (χ3n) is 3.68. The zero-order valence-electron chi connectivity index (χ0n) is 14.4. The fourth-order valence-electron chi connectivity index (χ4n) is 2.57. The molecule has 0 heterocycles. The number of hydrogen-bond donors (Lipinski definition) is 1. The Morgan fingerprint density at radius 3 is 2.46 bits per heavy atom. The molecule has 5 heteroatoms. The van der Waals surface area contributed by atoms with Gasteiger partial charge in [-0.1, -0.05) is 34.1 Å². The first-order valence-corrected chi connectivity index (χ1v) is 8.80. The van der Waals surface area contributed by atoms with Gasteiger partial charge in [0.2, 0.25) is 0 Å². The van der Waals surface area contributed by atoms with Gasteiger partial charge in [-0.15, -0.1) is 0 Å². The highest BCUT2D eigenvalue weighted by molar-refractivity contribution is 9.10. The van der Waals surface area contributed by atoms with Crippen LogP contribution in [0.25, 0.3) is 0 Å². The van der Waals surface area contributed by atoms with Crippen LogP contribution in [0.15, 0.2) is 40.9 Å². The first-order chi connectivity index (χ1) is 11.7. The van der Waals surface area contributed by atoms with Crippen LogP contribution in [-0.2, 0) is 13.0 Å². The first-order valence-electron chi connectivity index (χ1n) is 8.01. The van der Waals surface area contributed by atoms with Gasteiger partial charge in [-0.3, -0.25) is 0 Å². The second-order valence-electron chi connectivity index (χ2n) is 5.27. The Balaban J connectivity index is 2.00. The summed E-state index contributed by atoms with van der Waals surface area (Å²) in [6, 6.07) is 12.1. The maximum atomic E-state index is 5.76. The minimum atomic E-state index is 0.603. The van der Waals surface area contributed by atoms with Gasteiger partial charge in [0.1, 0.15) is 5.75 Å². The number of para-hydroxylation sites is 1. The van der Waals surface area contributed by atoms with Crippen molar-refractivity contribution in [2.45, 2.75) is 19.9 Å². The summed E-state index contributed by atoms with van der Waals surface area (Å²) in [5.74, 6) is 2.47. The SMILES string of the molecule is CCOc1c(CNCCc2ccccc2OC)cc(Br)cc1OC. The molecule has 0 spiro atoms. The molecule has 24 heavy (non-hydrogen) atoms. The summed E-state index contributed by atoms with van der Waals surface area (Å²) >= 11 is 3.52. The van der Waals surface area contributed by atoms with Crippen molar-refractivity contribution in [1.29, 1.82) is 0 Å². The number of methoxy groups -OCH3 is 2. The van der Waals surface area contributed by atoms with E-state index in [0.717, 1.165) is 40.3 Å². The van der Waals surface area contributed by atoms with Gasteiger partial charge < -0.3 is 19.5 Å². The molecule has 0 amide bonds. The normalized spacial score (nSPS) is 10.5. The summed E-state index contributed by atoms with van der Waals surface area (Å²) < 4.78 is 17.5. The monoisotopic (exact) mass is 393 g/mol. The molecule has 0 saturated carbocycles. The molecule has 0 aromatic heterocycles. The molecule has 4 nitrogen and oxygen atoms in total. The lowest BCUT2D eigenvalue weighted by Gasteiger charge is -2.16. The molecule has 0 bridgehead atoms. The van der Waals surface area contributed by atoms with Crippen molar-refractivity contribution in [3.8, 4) is 17.2 Å². The Labute approximate surface area is 152 Å². The summed E-state index contributed by atoms with van der Waals surface area (Å²) in [5.41, 5.74) is 2.27. The fourth-order valence-corrected chi connectivity index (χ4v) is 3.05. The van der Waals surface area contributed by atoms with Crippen LogP contribution in [0.5, 0.6) is 17.2 Å². The summed E-state index contributed by atoms with van der Waals surface area (Å²) in [5, 5.41) is 3.47. The topological polar surface area (TPSA) is 39.7 Å². The van der Waals surface area contributed by atoms with E-state index in [2.05, 4.69) is 33.4 Å². The van der Waals surface area contributed by atoms with E-state index in [0.29, 0.717) is 13.2 Å². The molecular formula is C19H24BrNO3. The highest BCUT2D eigenvalue weighted by atomic mass is 79.9. The molecule has 0 radical (unpaired) electrons. The van der Waals surface area contributed by atoms with Gasteiger partial charge >= 0.3 is 0 Å². The molecule has 1 N–H and O–H groups in total. The highest BCUT2D eigenvalue weighted by Gasteiger charge is 2.12. The third kappa shape index (κ3) is 4.89. The van der Waals surface area contributed by atoms with E-state index in [1.54, 1.807) is 14.2 Å². The number of halogens is 1. The number of benzene rings is 2. The molecule has 0 unspecified atom stereocenters. The van der Waals surface area contributed by atoms with Crippen molar-refractivity contribution in [3.05, 3.63) is 52.0 Å². The Kier molecular flexibility index (Phi) is 7.40. The van der Waals surface area contributed by atoms with Crippen LogP contribution in [0, 0.1) is 0 Å². The highest BCUT2D eigenvalue weighted by Crippen LogP contribution is 2.34. The molecule has 0 aliphatic rings. The summed E-state index contributed by atoms with van der Waals surface area (Å²) in [4.78, 5) is 0. The van der Waals surface area contributed by atoms with E-state index in [-0.39, 0.29) is 0 Å². The van der Waals surface area contributed by atoms with Crippen LogP contribution in [-0.4, -0.2) is 27.4 Å². The minimum Gasteiger partial charge on any atom is -0.496 e. The Bertz CT molecular complexity index is 661. The van der Waals surface area contributed by atoms with E-state index in [1.165, 1.54) is 5.56 Å². The largest absolute Gasteiger partial charge is 0.496 e. The van der Waals surface area contributed by atoms with Crippen LogP contribution in [0.4, 0.5) is 0 Å². The minimum absolute atomic E-state index is 0.603. The van der Waals surface area contributed by atoms with Crippen LogP contribution in [0.1, 0.15) is 18.1 Å². The molecule has 130 valence electrons. The predicted molar refractivity (Wildman–Crippen MR) is 100 cm³/mol. The van der Waals surface area contributed by atoms with Gasteiger partial charge in [0.25, 0.3) is 0 Å². The van der Waals surface area contributed by atoms with Gasteiger partial charge in [0, 0.05) is 16.6 Å². The van der Waals surface area contributed by atoms with E-state index < -0.39 is 0 Å². The van der Waals surface area contributed by atoms with Crippen molar-refractivity contribution in [3.63, 3.8) is 0 Å². The molecule has 0 aliphatic carbocycles. The third-order valence-corrected chi connectivity index (χ3v) is 4.14. The molecule has 0 saturated heterocycles. The first kappa shape index (κ1) is 18.6. The van der Waals surface area contributed by atoms with Gasteiger partial charge in [0.15, 0.2) is 11.5 Å². The number of hydrogen-bond acceptors (Lipinski definition) is 4. The lowest BCUT2D eigenvalue weighted by Crippen LogP contribution is -2.18. The van der Waals surface area contributed by atoms with Crippen LogP contribution in [0.3, 0.4) is 0 Å². The van der Waals surface area contributed by atoms with Gasteiger partial charge in [0.05, 0.1) is 20.8 Å². The van der Waals surface area contributed by atoms with E-state index in [1.807, 2.05) is 31.2 Å². The van der Waals surface area contributed by atoms with E-state index >= 15 is 0 Å². The predicted octanol–water partition coefficient (Wildman–Crippen LogP) is 4.20. The van der Waals surface area contributed by atoms with Crippen LogP contribution < -0.4 is 19.5 Å². The molecule has 2 aromatic rings. The van der Waals surface area contributed by atoms with Crippen molar-refractivity contribution in [2.24, 2.45) is 0 Å². The second kappa shape index (κ2) is 9.55. The smallest absolute Gasteiger partial charge is 0.165 e. The standard InChI is InChI=1S/C19H24BrNO3/c1-4-24-19-15(11-16(20)12-18(19)23-3)13-21-10-9-14-7-5-6-8-17(14)22-2/h5-8,11-12,21H,4,9-10,13H2,1-3H3. The lowest BCUT2D eigenvalue weighted by molar-refractivity contribution is 0.306. The van der Waals surface area contributed by atoms with E-state index in [4.69, 9.17) is 14.2 Å². The van der Waals surface area contributed by atoms with Gasteiger partial charge in [-0.25, -0.2) is 0 Å². The average molecular weight is 394 g/mol. The lowest BCUT2D eigenvalue weighted by atomic mass is 10.1. The molecule has 0 fully saturated rings. The average Bonchev–Trinajstić information content (AvgIpc) is 2.60. The second-order valence-corrected chi connectivity index (χ2v) is 6.18. The number of rotatable bonds is 9. The molecular weight excluding hydrogens is 370 g/mol. The van der Waals surface area contributed by atoms with E-state index in [9.17, 15) is 0 Å². The Morgan fingerprint density at radius 1 is 1.00 bits per heavy atom. The van der Waals surface area contributed by atoms with Crippen LogP contribution >= 0.6 is 15.9 Å². The van der Waals surface area contributed by atoms with Crippen LogP contribution in [0.2, 0.25) is 0 Å². The zero-order valence-corrected chi connectivity index (χ0v) is 16.0. The van der Waals surface area contributed by atoms with Gasteiger partial charge in [-0.2, -0.15) is 0 Å². The van der Waals surface area contributed by atoms with Gasteiger partial charge in [-0.05, 0) is 43.7 Å². The maximum Gasteiger partial charge on any atom is 0.165 e. The molecule has 2 aromatic carbocycles.